The van der Waals surface area contributed by atoms with Gasteiger partial charge >= 0.3 is 0 Å². The summed E-state index contributed by atoms with van der Waals surface area (Å²) in [5.74, 6) is -1.15. The molecule has 0 aliphatic heterocycles. The summed E-state index contributed by atoms with van der Waals surface area (Å²) in [5, 5.41) is 2.42. The number of imidazole rings is 1. The molecule has 0 saturated heterocycles. The fourth-order valence-corrected chi connectivity index (χ4v) is 2.16. The average Bonchev–Trinajstić information content (AvgIpc) is 2.92. The molecule has 0 atom stereocenters. The molecule has 112 valence electrons. The monoisotopic (exact) mass is 301 g/mol. The van der Waals surface area contributed by atoms with Crippen LogP contribution in [0.4, 0.5) is 14.5 Å². The fraction of sp³-hybridized carbons (Fsp3) is 0.125. The lowest BCUT2D eigenvalue weighted by atomic mass is 10.2. The summed E-state index contributed by atoms with van der Waals surface area (Å²) in [4.78, 5) is 19.6. The summed E-state index contributed by atoms with van der Waals surface area (Å²) in [6, 6.07) is 7.98. The number of halogens is 2. The maximum Gasteiger partial charge on any atom is 0.255 e. The zero-order valence-corrected chi connectivity index (χ0v) is 11.8. The van der Waals surface area contributed by atoms with E-state index in [0.717, 1.165) is 35.4 Å². The second-order valence-corrected chi connectivity index (χ2v) is 4.85. The topological polar surface area (TPSA) is 57.8 Å². The Balaban J connectivity index is 1.88. The van der Waals surface area contributed by atoms with E-state index in [1.54, 1.807) is 18.2 Å². The molecular weight excluding hydrogens is 288 g/mol. The highest BCUT2D eigenvalue weighted by atomic mass is 19.1. The first-order valence-electron chi connectivity index (χ1n) is 6.82. The number of aryl methyl sites for hydroxylation is 1. The molecule has 3 aromatic rings. The normalized spacial score (nSPS) is 10.9. The number of nitrogens with zero attached hydrogens (tertiary/aromatic N) is 1. The molecule has 0 aliphatic rings. The third kappa shape index (κ3) is 2.67. The van der Waals surface area contributed by atoms with Crippen molar-refractivity contribution in [3.8, 4) is 0 Å². The van der Waals surface area contributed by atoms with Gasteiger partial charge in [-0.3, -0.25) is 4.79 Å². The van der Waals surface area contributed by atoms with E-state index in [-0.39, 0.29) is 5.69 Å². The molecule has 1 aromatic heterocycles. The van der Waals surface area contributed by atoms with Crippen LogP contribution in [0.1, 0.15) is 23.1 Å². The van der Waals surface area contributed by atoms with Crippen molar-refractivity contribution >= 4 is 22.6 Å². The minimum atomic E-state index is -0.816. The van der Waals surface area contributed by atoms with Crippen molar-refractivity contribution in [3.05, 3.63) is 59.4 Å². The van der Waals surface area contributed by atoms with Gasteiger partial charge in [-0.2, -0.15) is 0 Å². The Kier molecular flexibility index (Phi) is 3.58. The molecule has 22 heavy (non-hydrogen) atoms. The van der Waals surface area contributed by atoms with Crippen molar-refractivity contribution in [2.45, 2.75) is 13.3 Å². The van der Waals surface area contributed by atoms with E-state index in [4.69, 9.17) is 0 Å². The van der Waals surface area contributed by atoms with Crippen LogP contribution in [0.25, 0.3) is 11.0 Å². The van der Waals surface area contributed by atoms with Crippen LogP contribution in [0.2, 0.25) is 0 Å². The van der Waals surface area contributed by atoms with Crippen LogP contribution in [-0.2, 0) is 6.42 Å². The average molecular weight is 301 g/mol. The number of carbonyl (C=O) groups is 1. The lowest BCUT2D eigenvalue weighted by molar-refractivity contribution is 0.102. The van der Waals surface area contributed by atoms with Gasteiger partial charge in [0.05, 0.1) is 16.7 Å². The van der Waals surface area contributed by atoms with Crippen molar-refractivity contribution in [1.82, 2.24) is 9.97 Å². The third-order valence-corrected chi connectivity index (χ3v) is 3.31. The summed E-state index contributed by atoms with van der Waals surface area (Å²) in [6.07, 6.45) is 0.761. The van der Waals surface area contributed by atoms with E-state index >= 15 is 0 Å². The summed E-state index contributed by atoms with van der Waals surface area (Å²) < 4.78 is 26.4. The van der Waals surface area contributed by atoms with Gasteiger partial charge in [0.25, 0.3) is 5.91 Å². The van der Waals surface area contributed by atoms with Crippen LogP contribution in [0, 0.1) is 11.6 Å². The minimum absolute atomic E-state index is 0.0645. The lowest BCUT2D eigenvalue weighted by Crippen LogP contribution is -2.13. The molecule has 1 amide bonds. The van der Waals surface area contributed by atoms with E-state index in [9.17, 15) is 13.6 Å². The Morgan fingerprint density at radius 3 is 2.77 bits per heavy atom. The van der Waals surface area contributed by atoms with Gasteiger partial charge in [0, 0.05) is 18.1 Å². The Labute approximate surface area is 125 Å². The van der Waals surface area contributed by atoms with Crippen molar-refractivity contribution in [2.24, 2.45) is 0 Å². The number of amides is 1. The predicted molar refractivity (Wildman–Crippen MR) is 79.8 cm³/mol. The van der Waals surface area contributed by atoms with Gasteiger partial charge in [-0.1, -0.05) is 6.92 Å². The number of aromatic nitrogens is 2. The number of fused-ring (bicyclic) bond motifs is 1. The number of hydrogen-bond donors (Lipinski definition) is 2. The predicted octanol–water partition coefficient (Wildman–Crippen LogP) is 3.66. The van der Waals surface area contributed by atoms with Gasteiger partial charge < -0.3 is 10.3 Å². The van der Waals surface area contributed by atoms with Crippen molar-refractivity contribution in [2.75, 3.05) is 5.32 Å². The number of benzene rings is 2. The smallest absolute Gasteiger partial charge is 0.255 e. The van der Waals surface area contributed by atoms with Crippen LogP contribution in [0.3, 0.4) is 0 Å². The van der Waals surface area contributed by atoms with Gasteiger partial charge in [0.15, 0.2) is 0 Å². The Morgan fingerprint density at radius 1 is 1.23 bits per heavy atom. The standard InChI is InChI=1S/C16H13F2N3O/c1-2-15-19-13-5-3-9(7-14(13)20-15)16(22)21-12-6-4-10(17)8-11(12)18/h3-8H,2H2,1H3,(H,19,20)(H,21,22). The van der Waals surface area contributed by atoms with Crippen LogP contribution in [-0.4, -0.2) is 15.9 Å². The largest absolute Gasteiger partial charge is 0.342 e. The first kappa shape index (κ1) is 14.2. The SMILES string of the molecule is CCc1nc2ccc(C(=O)Nc3ccc(F)cc3F)cc2[nH]1. The second-order valence-electron chi connectivity index (χ2n) is 4.85. The van der Waals surface area contributed by atoms with Crippen molar-refractivity contribution < 1.29 is 13.6 Å². The first-order valence-corrected chi connectivity index (χ1v) is 6.82. The van der Waals surface area contributed by atoms with Crippen LogP contribution in [0.5, 0.6) is 0 Å². The number of H-pyrrole nitrogens is 1. The van der Waals surface area contributed by atoms with E-state index in [1.165, 1.54) is 6.07 Å². The maximum atomic E-state index is 13.6. The molecule has 0 bridgehead atoms. The van der Waals surface area contributed by atoms with Crippen molar-refractivity contribution in [1.29, 1.82) is 0 Å². The molecule has 0 unspecified atom stereocenters. The lowest BCUT2D eigenvalue weighted by Gasteiger charge is -2.06. The number of rotatable bonds is 3. The summed E-state index contributed by atoms with van der Waals surface area (Å²) >= 11 is 0. The molecule has 0 radical (unpaired) electrons. The molecule has 0 aliphatic carbocycles. The third-order valence-electron chi connectivity index (χ3n) is 3.31. The second kappa shape index (κ2) is 5.55. The summed E-state index contributed by atoms with van der Waals surface area (Å²) in [6.45, 7) is 1.97. The van der Waals surface area contributed by atoms with E-state index < -0.39 is 17.5 Å². The number of nitrogens with one attached hydrogen (secondary N) is 2. The summed E-state index contributed by atoms with van der Waals surface area (Å²) in [5.41, 5.74) is 1.80. The Morgan fingerprint density at radius 2 is 2.05 bits per heavy atom. The number of carbonyl (C=O) groups excluding carboxylic acids is 1. The number of anilines is 1. The van der Waals surface area contributed by atoms with Crippen LogP contribution in [0.15, 0.2) is 36.4 Å². The maximum absolute atomic E-state index is 13.6. The van der Waals surface area contributed by atoms with E-state index in [2.05, 4.69) is 15.3 Å². The zero-order chi connectivity index (χ0) is 15.7. The van der Waals surface area contributed by atoms with E-state index in [1.807, 2.05) is 6.92 Å². The summed E-state index contributed by atoms with van der Waals surface area (Å²) in [7, 11) is 0. The number of aromatic amines is 1. The highest BCUT2D eigenvalue weighted by Gasteiger charge is 2.11. The first-order chi connectivity index (χ1) is 10.6. The van der Waals surface area contributed by atoms with Gasteiger partial charge in [0.1, 0.15) is 17.5 Å². The van der Waals surface area contributed by atoms with Gasteiger partial charge in [-0.15, -0.1) is 0 Å². The van der Waals surface area contributed by atoms with Crippen LogP contribution < -0.4 is 5.32 Å². The Hall–Kier alpha value is -2.76. The quantitative estimate of drug-likeness (QED) is 0.775. The van der Waals surface area contributed by atoms with Gasteiger partial charge in [-0.05, 0) is 30.3 Å². The van der Waals surface area contributed by atoms with E-state index in [0.29, 0.717) is 5.56 Å². The molecule has 0 fully saturated rings. The highest BCUT2D eigenvalue weighted by molar-refractivity contribution is 6.05. The Bertz CT molecular complexity index is 858. The molecule has 2 N–H and O–H groups in total. The molecular formula is C16H13F2N3O. The van der Waals surface area contributed by atoms with Crippen LogP contribution >= 0.6 is 0 Å². The zero-order valence-electron chi connectivity index (χ0n) is 11.8. The molecule has 1 heterocycles. The number of hydrogen-bond acceptors (Lipinski definition) is 2. The molecule has 4 nitrogen and oxygen atoms in total. The van der Waals surface area contributed by atoms with Crippen molar-refractivity contribution in [3.63, 3.8) is 0 Å². The minimum Gasteiger partial charge on any atom is -0.342 e. The fourth-order valence-electron chi connectivity index (χ4n) is 2.16. The molecule has 0 spiro atoms. The highest BCUT2D eigenvalue weighted by Crippen LogP contribution is 2.18. The van der Waals surface area contributed by atoms with Gasteiger partial charge in [-0.25, -0.2) is 13.8 Å². The molecule has 6 heteroatoms. The van der Waals surface area contributed by atoms with Gasteiger partial charge in [0.2, 0.25) is 0 Å². The molecule has 3 rings (SSSR count). The molecule has 0 saturated carbocycles. The molecule has 2 aromatic carbocycles.